The van der Waals surface area contributed by atoms with Crippen LogP contribution in [-0.4, -0.2) is 59.6 Å². The number of hydrogen-bond donors (Lipinski definition) is 3. The second-order valence-corrected chi connectivity index (χ2v) is 10.8. The quantitative estimate of drug-likeness (QED) is 0.526. The van der Waals surface area contributed by atoms with Crippen molar-refractivity contribution in [2.24, 2.45) is 11.1 Å². The molecule has 3 aliphatic rings. The van der Waals surface area contributed by atoms with E-state index >= 15 is 0 Å². The van der Waals surface area contributed by atoms with E-state index in [2.05, 4.69) is 10.3 Å². The molecule has 1 saturated heterocycles. The number of benzene rings is 1. The topological polar surface area (TPSA) is 118 Å². The highest BCUT2D eigenvalue weighted by Gasteiger charge is 2.48. The van der Waals surface area contributed by atoms with Gasteiger partial charge in [-0.3, -0.25) is 9.59 Å². The molecule has 5 rings (SSSR count). The van der Waals surface area contributed by atoms with E-state index in [1.165, 1.54) is 12.1 Å². The minimum absolute atomic E-state index is 0.104. The lowest BCUT2D eigenvalue weighted by Crippen LogP contribution is -2.39. The molecule has 4 N–H and O–H groups in total. The number of hydrogen-bond acceptors (Lipinski definition) is 6. The number of methoxy groups -OCH3 is 1. The Morgan fingerprint density at radius 2 is 1.87 bits per heavy atom. The van der Waals surface area contributed by atoms with Crippen molar-refractivity contribution in [1.82, 2.24) is 15.2 Å². The van der Waals surface area contributed by atoms with Crippen LogP contribution in [0.1, 0.15) is 66.4 Å². The van der Waals surface area contributed by atoms with Gasteiger partial charge in [0, 0.05) is 42.5 Å². The Labute approximate surface area is 225 Å². The number of carbonyl (C=O) groups excluding carboxylic acids is 2. The van der Waals surface area contributed by atoms with Crippen LogP contribution in [0.4, 0.5) is 13.2 Å². The third kappa shape index (κ3) is 7.27. The average Bonchev–Trinajstić information content (AvgIpc) is 3.56. The fraction of sp³-hybridized carbons (Fsp3) is 0.536. The van der Waals surface area contributed by atoms with Gasteiger partial charge in [-0.25, -0.2) is 4.98 Å². The summed E-state index contributed by atoms with van der Waals surface area (Å²) in [4.78, 5) is 29.8. The number of nitrogens with two attached hydrogens (primary N) is 1. The van der Waals surface area contributed by atoms with E-state index in [0.29, 0.717) is 30.7 Å². The van der Waals surface area contributed by atoms with Gasteiger partial charge in [0.1, 0.15) is 0 Å². The van der Waals surface area contributed by atoms with Crippen molar-refractivity contribution >= 4 is 11.8 Å². The Morgan fingerprint density at radius 1 is 1.15 bits per heavy atom. The molecule has 1 spiro atoms. The van der Waals surface area contributed by atoms with Crippen molar-refractivity contribution in [2.75, 3.05) is 26.7 Å². The van der Waals surface area contributed by atoms with Crippen molar-refractivity contribution in [3.8, 4) is 5.88 Å². The van der Waals surface area contributed by atoms with Gasteiger partial charge in [0.05, 0.1) is 24.8 Å². The summed E-state index contributed by atoms with van der Waals surface area (Å²) in [6.07, 6.45) is 3.63. The van der Waals surface area contributed by atoms with E-state index in [4.69, 9.17) is 10.5 Å². The number of nitrogens with zero attached hydrogens (tertiary/aromatic N) is 2. The van der Waals surface area contributed by atoms with Gasteiger partial charge < -0.3 is 25.8 Å². The summed E-state index contributed by atoms with van der Waals surface area (Å²) in [5.41, 5.74) is 5.26. The fourth-order valence-corrected chi connectivity index (χ4v) is 5.12. The SMILES string of the molecule is COc1ccc(C2(O)CCC(N)CC2)cn1.O=C(NCC(=O)N1CCC2(CC2)C1)c1cccc(C(F)(F)F)c1. The lowest BCUT2D eigenvalue weighted by molar-refractivity contribution is -0.137. The van der Waals surface area contributed by atoms with Crippen LogP contribution in [0.25, 0.3) is 0 Å². The zero-order valence-electron chi connectivity index (χ0n) is 22.0. The Balaban J connectivity index is 0.000000193. The van der Waals surface area contributed by atoms with Crippen LogP contribution < -0.4 is 15.8 Å². The molecule has 3 fully saturated rings. The van der Waals surface area contributed by atoms with Gasteiger partial charge in [0.15, 0.2) is 0 Å². The number of rotatable bonds is 5. The van der Waals surface area contributed by atoms with Crippen LogP contribution in [0.3, 0.4) is 0 Å². The zero-order valence-corrected chi connectivity index (χ0v) is 22.0. The molecule has 1 aliphatic heterocycles. The lowest BCUT2D eigenvalue weighted by Gasteiger charge is -2.34. The van der Waals surface area contributed by atoms with Gasteiger partial charge >= 0.3 is 6.18 Å². The summed E-state index contributed by atoms with van der Waals surface area (Å²) >= 11 is 0. The number of likely N-dealkylation sites (tertiary alicyclic amines) is 1. The number of ether oxygens (including phenoxy) is 1. The summed E-state index contributed by atoms with van der Waals surface area (Å²) in [5, 5.41) is 12.9. The number of aromatic nitrogens is 1. The summed E-state index contributed by atoms with van der Waals surface area (Å²) < 4.78 is 42.9. The molecule has 212 valence electrons. The lowest BCUT2D eigenvalue weighted by atomic mass is 9.78. The van der Waals surface area contributed by atoms with Crippen LogP contribution in [0, 0.1) is 5.41 Å². The molecule has 0 atom stereocenters. The van der Waals surface area contributed by atoms with E-state index in [9.17, 15) is 27.9 Å². The highest BCUT2D eigenvalue weighted by Crippen LogP contribution is 2.52. The maximum Gasteiger partial charge on any atom is 0.416 e. The molecule has 0 radical (unpaired) electrons. The number of carbonyl (C=O) groups is 2. The molecule has 11 heteroatoms. The highest BCUT2D eigenvalue weighted by molar-refractivity contribution is 5.96. The van der Waals surface area contributed by atoms with Crippen LogP contribution in [0.5, 0.6) is 5.88 Å². The maximum absolute atomic E-state index is 12.6. The second kappa shape index (κ2) is 11.5. The van der Waals surface area contributed by atoms with E-state index < -0.39 is 23.2 Å². The number of halogens is 3. The molecule has 2 aliphatic carbocycles. The van der Waals surface area contributed by atoms with Gasteiger partial charge in [0.25, 0.3) is 5.91 Å². The third-order valence-electron chi connectivity index (χ3n) is 7.94. The van der Waals surface area contributed by atoms with Crippen LogP contribution in [0.15, 0.2) is 42.6 Å². The Kier molecular flexibility index (Phi) is 8.51. The normalized spacial score (nSPS) is 23.5. The van der Waals surface area contributed by atoms with Crippen molar-refractivity contribution in [3.63, 3.8) is 0 Å². The number of amides is 2. The molecular formula is C28H35F3N4O4. The molecule has 1 aromatic heterocycles. The largest absolute Gasteiger partial charge is 0.481 e. The van der Waals surface area contributed by atoms with Crippen LogP contribution in [0.2, 0.25) is 0 Å². The Morgan fingerprint density at radius 3 is 2.44 bits per heavy atom. The Hall–Kier alpha value is -3.18. The second-order valence-electron chi connectivity index (χ2n) is 10.8. The van der Waals surface area contributed by atoms with Crippen LogP contribution >= 0.6 is 0 Å². The molecule has 0 unspecified atom stereocenters. The molecule has 1 aromatic carbocycles. The molecular weight excluding hydrogens is 513 g/mol. The summed E-state index contributed by atoms with van der Waals surface area (Å²) in [7, 11) is 1.58. The van der Waals surface area contributed by atoms with E-state index in [1.807, 2.05) is 6.07 Å². The van der Waals surface area contributed by atoms with Crippen molar-refractivity contribution < 1.29 is 32.6 Å². The monoisotopic (exact) mass is 548 g/mol. The molecule has 8 nitrogen and oxygen atoms in total. The van der Waals surface area contributed by atoms with Crippen LogP contribution in [-0.2, 0) is 16.6 Å². The first-order valence-electron chi connectivity index (χ1n) is 13.1. The van der Waals surface area contributed by atoms with Gasteiger partial charge in [-0.05, 0) is 74.6 Å². The summed E-state index contributed by atoms with van der Waals surface area (Å²) in [6.45, 7) is 1.23. The minimum atomic E-state index is -4.50. The first kappa shape index (κ1) is 28.8. The number of pyridine rings is 1. The molecule has 0 bridgehead atoms. The maximum atomic E-state index is 12.6. The molecule has 2 aromatic rings. The third-order valence-corrected chi connectivity index (χ3v) is 7.94. The van der Waals surface area contributed by atoms with Gasteiger partial charge in [0.2, 0.25) is 11.8 Å². The van der Waals surface area contributed by atoms with Gasteiger partial charge in [-0.15, -0.1) is 0 Å². The predicted octanol–water partition coefficient (Wildman–Crippen LogP) is 3.63. The van der Waals surface area contributed by atoms with Crippen molar-refractivity contribution in [3.05, 3.63) is 59.3 Å². The number of alkyl halides is 3. The molecule has 2 saturated carbocycles. The predicted molar refractivity (Wildman–Crippen MR) is 138 cm³/mol. The zero-order chi connectivity index (χ0) is 28.3. The molecule has 2 heterocycles. The minimum Gasteiger partial charge on any atom is -0.481 e. The highest BCUT2D eigenvalue weighted by atomic mass is 19.4. The van der Waals surface area contributed by atoms with E-state index in [1.54, 1.807) is 24.3 Å². The molecule has 2 amide bonds. The fourth-order valence-electron chi connectivity index (χ4n) is 5.12. The first-order valence-corrected chi connectivity index (χ1v) is 13.1. The van der Waals surface area contributed by atoms with Crippen molar-refractivity contribution in [1.29, 1.82) is 0 Å². The number of aliphatic hydroxyl groups is 1. The van der Waals surface area contributed by atoms with Gasteiger partial charge in [-0.1, -0.05) is 6.07 Å². The average molecular weight is 549 g/mol. The summed E-state index contributed by atoms with van der Waals surface area (Å²) in [6, 6.07) is 8.05. The molecule has 39 heavy (non-hydrogen) atoms. The smallest absolute Gasteiger partial charge is 0.416 e. The van der Waals surface area contributed by atoms with Crippen molar-refractivity contribution in [2.45, 2.75) is 62.8 Å². The standard InChI is InChI=1S/C16H17F3N2O2.C12H18N2O2/c17-16(18,19)12-3-1-2-11(8-12)14(23)20-9-13(22)21-7-6-15(10-21)4-5-15;1-16-11-3-2-9(8-14-11)12(15)6-4-10(13)5-7-12/h1-3,8H,4-7,9-10H2,(H,20,23);2-3,8,10,15H,4-7,13H2,1H3. The van der Waals surface area contributed by atoms with E-state index in [-0.39, 0.29) is 24.1 Å². The Bertz CT molecular complexity index is 1160. The summed E-state index contributed by atoms with van der Waals surface area (Å²) in [5.74, 6) is -0.293. The first-order chi connectivity index (χ1) is 18.4. The van der Waals surface area contributed by atoms with E-state index in [0.717, 1.165) is 56.3 Å². The number of nitrogens with one attached hydrogen (secondary N) is 1. The van der Waals surface area contributed by atoms with Gasteiger partial charge in [-0.2, -0.15) is 13.2 Å².